The summed E-state index contributed by atoms with van der Waals surface area (Å²) in [4.78, 5) is 23.3. The summed E-state index contributed by atoms with van der Waals surface area (Å²) < 4.78 is 1.66. The van der Waals surface area contributed by atoms with Crippen LogP contribution in [0.25, 0.3) is 0 Å². The third kappa shape index (κ3) is 1.88. The molecule has 0 N–H and O–H groups in total. The van der Waals surface area contributed by atoms with Gasteiger partial charge < -0.3 is 4.90 Å². The number of amides is 1. The van der Waals surface area contributed by atoms with E-state index < -0.39 is 0 Å². The van der Waals surface area contributed by atoms with Crippen LogP contribution in [0, 0.1) is 0 Å². The Labute approximate surface area is 86.9 Å². The Morgan fingerprint density at radius 3 is 3.00 bits per heavy atom. The molecule has 1 aromatic rings. The largest absolute Gasteiger partial charge is 0.341 e. The number of hydrogen-bond acceptors (Lipinski definition) is 4. The lowest BCUT2D eigenvalue weighted by atomic mass is 10.3. The van der Waals surface area contributed by atoms with E-state index in [0.29, 0.717) is 18.5 Å². The van der Waals surface area contributed by atoms with Crippen molar-refractivity contribution >= 4 is 12.2 Å². The lowest BCUT2D eigenvalue weighted by molar-refractivity contribution is -0.127. The smallest absolute Gasteiger partial charge is 0.219 e. The second kappa shape index (κ2) is 3.80. The van der Waals surface area contributed by atoms with Gasteiger partial charge in [0.2, 0.25) is 5.91 Å². The van der Waals surface area contributed by atoms with Crippen molar-refractivity contribution < 1.29 is 9.59 Å². The van der Waals surface area contributed by atoms with Gasteiger partial charge >= 0.3 is 0 Å². The Kier molecular flexibility index (Phi) is 2.49. The molecule has 1 aliphatic rings. The molecule has 1 aliphatic heterocycles. The summed E-state index contributed by atoms with van der Waals surface area (Å²) in [6, 6.07) is 0.148. The molecule has 6 nitrogen and oxygen atoms in total. The van der Waals surface area contributed by atoms with Crippen LogP contribution in [-0.4, -0.2) is 45.2 Å². The summed E-state index contributed by atoms with van der Waals surface area (Å²) in [5, 5.41) is 7.55. The van der Waals surface area contributed by atoms with Crippen molar-refractivity contribution in [3.8, 4) is 0 Å². The van der Waals surface area contributed by atoms with Gasteiger partial charge in [0, 0.05) is 20.0 Å². The summed E-state index contributed by atoms with van der Waals surface area (Å²) in [6.45, 7) is 2.95. The zero-order valence-corrected chi connectivity index (χ0v) is 8.46. The molecule has 1 saturated heterocycles. The van der Waals surface area contributed by atoms with Gasteiger partial charge in [-0.15, -0.1) is 5.10 Å². The first kappa shape index (κ1) is 9.82. The summed E-state index contributed by atoms with van der Waals surface area (Å²) in [7, 11) is 0. The van der Waals surface area contributed by atoms with Crippen LogP contribution in [0.2, 0.25) is 0 Å². The number of hydrogen-bond donors (Lipinski definition) is 0. The zero-order chi connectivity index (χ0) is 10.8. The topological polar surface area (TPSA) is 68.1 Å². The molecule has 15 heavy (non-hydrogen) atoms. The number of rotatable bonds is 2. The molecule has 2 heterocycles. The van der Waals surface area contributed by atoms with Crippen molar-refractivity contribution in [3.05, 3.63) is 11.9 Å². The van der Waals surface area contributed by atoms with Crippen molar-refractivity contribution in [1.29, 1.82) is 0 Å². The van der Waals surface area contributed by atoms with E-state index in [2.05, 4.69) is 10.3 Å². The third-order valence-corrected chi connectivity index (χ3v) is 2.63. The molecule has 1 fully saturated rings. The number of carbonyl (C=O) groups is 2. The number of aldehydes is 1. The zero-order valence-electron chi connectivity index (χ0n) is 8.46. The standard InChI is InChI=1S/C9H12N4O2/c1-7(15)12-3-2-9(5-12)13-4-8(6-14)10-11-13/h4,6,9H,2-3,5H2,1H3/t9-/m1/s1. The van der Waals surface area contributed by atoms with Gasteiger partial charge in [-0.2, -0.15) is 0 Å². The highest BCUT2D eigenvalue weighted by molar-refractivity contribution is 5.73. The van der Waals surface area contributed by atoms with E-state index in [0.717, 1.165) is 13.0 Å². The van der Waals surface area contributed by atoms with Crippen molar-refractivity contribution in [2.75, 3.05) is 13.1 Å². The lowest BCUT2D eigenvalue weighted by Gasteiger charge is -2.13. The van der Waals surface area contributed by atoms with E-state index in [1.165, 1.54) is 0 Å². The molecule has 1 amide bonds. The Morgan fingerprint density at radius 1 is 1.67 bits per heavy atom. The monoisotopic (exact) mass is 208 g/mol. The molecule has 0 unspecified atom stereocenters. The number of likely N-dealkylation sites (tertiary alicyclic amines) is 1. The van der Waals surface area contributed by atoms with Crippen LogP contribution in [0.1, 0.15) is 29.9 Å². The first-order valence-electron chi connectivity index (χ1n) is 4.83. The second-order valence-electron chi connectivity index (χ2n) is 3.65. The molecule has 0 spiro atoms. The van der Waals surface area contributed by atoms with Gasteiger partial charge in [0.1, 0.15) is 5.69 Å². The van der Waals surface area contributed by atoms with Gasteiger partial charge in [-0.3, -0.25) is 9.59 Å². The molecule has 80 valence electrons. The fraction of sp³-hybridized carbons (Fsp3) is 0.556. The first-order chi connectivity index (χ1) is 7.20. The van der Waals surface area contributed by atoms with Crippen molar-refractivity contribution in [1.82, 2.24) is 19.9 Å². The number of nitrogens with zero attached hydrogens (tertiary/aromatic N) is 4. The molecule has 1 aromatic heterocycles. The molecule has 6 heteroatoms. The minimum atomic E-state index is 0.0771. The molecule has 0 bridgehead atoms. The van der Waals surface area contributed by atoms with E-state index in [9.17, 15) is 9.59 Å². The molecule has 0 aliphatic carbocycles. The molecule has 0 aromatic carbocycles. The van der Waals surface area contributed by atoms with E-state index >= 15 is 0 Å². The fourth-order valence-electron chi connectivity index (χ4n) is 1.77. The number of aromatic nitrogens is 3. The first-order valence-corrected chi connectivity index (χ1v) is 4.83. The average Bonchev–Trinajstić information content (AvgIpc) is 2.86. The predicted molar refractivity (Wildman–Crippen MR) is 51.3 cm³/mol. The minimum absolute atomic E-state index is 0.0771. The Hall–Kier alpha value is -1.72. The SMILES string of the molecule is CC(=O)N1CC[C@@H](n2cc(C=O)nn2)C1. The quantitative estimate of drug-likeness (QED) is 0.635. The highest BCUT2D eigenvalue weighted by Gasteiger charge is 2.26. The van der Waals surface area contributed by atoms with Crippen LogP contribution in [0.3, 0.4) is 0 Å². The van der Waals surface area contributed by atoms with E-state index in [-0.39, 0.29) is 11.9 Å². The summed E-state index contributed by atoms with van der Waals surface area (Å²) in [5.74, 6) is 0.0771. The maximum atomic E-state index is 11.1. The molecular weight excluding hydrogens is 196 g/mol. The van der Waals surface area contributed by atoms with E-state index in [1.807, 2.05) is 0 Å². The molecular formula is C9H12N4O2. The van der Waals surface area contributed by atoms with E-state index in [1.54, 1.807) is 22.7 Å². The van der Waals surface area contributed by atoms with Gasteiger partial charge in [0.25, 0.3) is 0 Å². The van der Waals surface area contributed by atoms with Crippen molar-refractivity contribution in [2.45, 2.75) is 19.4 Å². The van der Waals surface area contributed by atoms with Gasteiger partial charge in [0.15, 0.2) is 6.29 Å². The lowest BCUT2D eigenvalue weighted by Crippen LogP contribution is -2.26. The van der Waals surface area contributed by atoms with Crippen LogP contribution >= 0.6 is 0 Å². The Bertz CT molecular complexity index is 387. The van der Waals surface area contributed by atoms with Crippen LogP contribution in [0.5, 0.6) is 0 Å². The van der Waals surface area contributed by atoms with Crippen LogP contribution in [-0.2, 0) is 4.79 Å². The summed E-state index contributed by atoms with van der Waals surface area (Å²) in [6.07, 6.45) is 3.14. The molecule has 0 saturated carbocycles. The fourth-order valence-corrected chi connectivity index (χ4v) is 1.77. The van der Waals surface area contributed by atoms with Crippen LogP contribution in [0.15, 0.2) is 6.20 Å². The molecule has 0 radical (unpaired) electrons. The van der Waals surface area contributed by atoms with Gasteiger partial charge in [-0.25, -0.2) is 4.68 Å². The number of carbonyl (C=O) groups excluding carboxylic acids is 2. The second-order valence-corrected chi connectivity index (χ2v) is 3.65. The highest BCUT2D eigenvalue weighted by Crippen LogP contribution is 2.20. The average molecular weight is 208 g/mol. The maximum Gasteiger partial charge on any atom is 0.219 e. The van der Waals surface area contributed by atoms with Gasteiger partial charge in [-0.05, 0) is 6.42 Å². The summed E-state index contributed by atoms with van der Waals surface area (Å²) >= 11 is 0. The van der Waals surface area contributed by atoms with E-state index in [4.69, 9.17) is 0 Å². The summed E-state index contributed by atoms with van der Waals surface area (Å²) in [5.41, 5.74) is 0.330. The van der Waals surface area contributed by atoms with Crippen molar-refractivity contribution in [2.24, 2.45) is 0 Å². The predicted octanol–water partition coefficient (Wildman–Crippen LogP) is -0.116. The minimum Gasteiger partial charge on any atom is -0.341 e. The van der Waals surface area contributed by atoms with Crippen LogP contribution in [0.4, 0.5) is 0 Å². The molecule has 2 rings (SSSR count). The Balaban J connectivity index is 2.07. The normalized spacial score (nSPS) is 20.6. The maximum absolute atomic E-state index is 11.1. The van der Waals surface area contributed by atoms with Crippen molar-refractivity contribution in [3.63, 3.8) is 0 Å². The molecule has 1 atom stereocenters. The third-order valence-electron chi connectivity index (χ3n) is 2.63. The Morgan fingerprint density at radius 2 is 2.47 bits per heavy atom. The highest BCUT2D eigenvalue weighted by atomic mass is 16.2. The van der Waals surface area contributed by atoms with Gasteiger partial charge in [-0.1, -0.05) is 5.21 Å². The van der Waals surface area contributed by atoms with Crippen LogP contribution < -0.4 is 0 Å². The van der Waals surface area contributed by atoms with Gasteiger partial charge in [0.05, 0.1) is 12.2 Å².